The highest BCUT2D eigenvalue weighted by Gasteiger charge is 2.14. The molecule has 1 aromatic heterocycles. The predicted molar refractivity (Wildman–Crippen MR) is 226 cm³/mol. The first-order valence-corrected chi connectivity index (χ1v) is 18.3. The van der Waals surface area contributed by atoms with Crippen LogP contribution in [0.15, 0.2) is 218 Å². The molecular weight excluding hydrogens is 653 g/mol. The Morgan fingerprint density at radius 3 is 0.926 bits per heavy atom. The first-order valence-electron chi connectivity index (χ1n) is 18.3. The predicted octanol–water partition coefficient (Wildman–Crippen LogP) is 13.8. The maximum Gasteiger partial charge on any atom is 0.160 e. The molecule has 0 fully saturated rings. The van der Waals surface area contributed by atoms with Gasteiger partial charge in [-0.05, 0) is 92.0 Å². The van der Waals surface area contributed by atoms with E-state index in [0.29, 0.717) is 5.82 Å². The van der Waals surface area contributed by atoms with Crippen LogP contribution in [0.4, 0.5) is 0 Å². The van der Waals surface area contributed by atoms with Crippen molar-refractivity contribution in [3.05, 3.63) is 218 Å². The van der Waals surface area contributed by atoms with Gasteiger partial charge in [-0.3, -0.25) is 0 Å². The monoisotopic (exact) mass is 688 g/mol. The fourth-order valence-corrected chi connectivity index (χ4v) is 7.05. The van der Waals surface area contributed by atoms with Crippen LogP contribution in [0.5, 0.6) is 0 Å². The van der Waals surface area contributed by atoms with Crippen molar-refractivity contribution in [3.63, 3.8) is 0 Å². The number of aromatic nitrogens is 2. The van der Waals surface area contributed by atoms with Crippen LogP contribution in [-0.4, -0.2) is 9.97 Å². The molecule has 0 radical (unpaired) electrons. The van der Waals surface area contributed by atoms with Crippen LogP contribution in [0.3, 0.4) is 0 Å². The molecule has 0 saturated heterocycles. The molecular formula is C52H36N2. The Kier molecular flexibility index (Phi) is 8.99. The van der Waals surface area contributed by atoms with Crippen molar-refractivity contribution in [1.82, 2.24) is 9.97 Å². The molecule has 8 aromatic carbocycles. The Morgan fingerprint density at radius 2 is 0.463 bits per heavy atom. The minimum absolute atomic E-state index is 0.691. The van der Waals surface area contributed by atoms with Gasteiger partial charge in [0.25, 0.3) is 0 Å². The van der Waals surface area contributed by atoms with Gasteiger partial charge in [-0.25, -0.2) is 9.97 Å². The molecule has 0 aliphatic rings. The molecule has 0 spiro atoms. The summed E-state index contributed by atoms with van der Waals surface area (Å²) >= 11 is 0. The fraction of sp³-hybridized carbons (Fsp3) is 0. The van der Waals surface area contributed by atoms with Crippen molar-refractivity contribution in [3.8, 4) is 89.5 Å². The lowest BCUT2D eigenvalue weighted by molar-refractivity contribution is 1.18. The van der Waals surface area contributed by atoms with E-state index in [-0.39, 0.29) is 0 Å². The van der Waals surface area contributed by atoms with Crippen molar-refractivity contribution in [2.24, 2.45) is 0 Å². The Balaban J connectivity index is 1.13. The summed E-state index contributed by atoms with van der Waals surface area (Å²) in [5.41, 5.74) is 16.5. The first-order chi connectivity index (χ1) is 26.7. The number of hydrogen-bond acceptors (Lipinski definition) is 2. The Labute approximate surface area is 316 Å². The highest BCUT2D eigenvalue weighted by Crippen LogP contribution is 2.36. The van der Waals surface area contributed by atoms with Crippen LogP contribution >= 0.6 is 0 Å². The average molecular weight is 689 g/mol. The smallest absolute Gasteiger partial charge is 0.160 e. The molecule has 0 bridgehead atoms. The van der Waals surface area contributed by atoms with Crippen molar-refractivity contribution >= 4 is 0 Å². The van der Waals surface area contributed by atoms with Crippen LogP contribution in [-0.2, 0) is 0 Å². The molecule has 0 unspecified atom stereocenters. The van der Waals surface area contributed by atoms with Crippen molar-refractivity contribution in [1.29, 1.82) is 0 Å². The van der Waals surface area contributed by atoms with Crippen LogP contribution in [0, 0.1) is 0 Å². The van der Waals surface area contributed by atoms with E-state index in [4.69, 9.17) is 9.97 Å². The molecule has 2 nitrogen and oxygen atoms in total. The van der Waals surface area contributed by atoms with Crippen LogP contribution < -0.4 is 0 Å². The number of benzene rings is 8. The van der Waals surface area contributed by atoms with E-state index in [1.807, 2.05) is 12.1 Å². The van der Waals surface area contributed by atoms with Gasteiger partial charge in [-0.15, -0.1) is 0 Å². The molecule has 0 saturated carbocycles. The molecule has 0 atom stereocenters. The highest BCUT2D eigenvalue weighted by molar-refractivity contribution is 5.83. The summed E-state index contributed by atoms with van der Waals surface area (Å²) in [7, 11) is 0. The van der Waals surface area contributed by atoms with Gasteiger partial charge in [0.1, 0.15) is 0 Å². The summed E-state index contributed by atoms with van der Waals surface area (Å²) in [6, 6.07) is 77.1. The van der Waals surface area contributed by atoms with Gasteiger partial charge in [0.05, 0.1) is 11.4 Å². The summed E-state index contributed by atoms with van der Waals surface area (Å²) in [6.07, 6.45) is 0. The molecule has 1 heterocycles. The lowest BCUT2D eigenvalue weighted by Gasteiger charge is -2.14. The third kappa shape index (κ3) is 7.01. The van der Waals surface area contributed by atoms with Gasteiger partial charge >= 0.3 is 0 Å². The van der Waals surface area contributed by atoms with Crippen LogP contribution in [0.1, 0.15) is 0 Å². The zero-order valence-electron chi connectivity index (χ0n) is 29.7. The molecule has 9 rings (SSSR count). The number of hydrogen-bond donors (Lipinski definition) is 0. The van der Waals surface area contributed by atoms with Crippen molar-refractivity contribution < 1.29 is 0 Å². The van der Waals surface area contributed by atoms with E-state index < -0.39 is 0 Å². The molecule has 0 N–H and O–H groups in total. The normalized spacial score (nSPS) is 11.0. The van der Waals surface area contributed by atoms with E-state index in [2.05, 4.69) is 206 Å². The van der Waals surface area contributed by atoms with E-state index in [1.54, 1.807) is 0 Å². The van der Waals surface area contributed by atoms with Crippen LogP contribution in [0.2, 0.25) is 0 Å². The van der Waals surface area contributed by atoms with E-state index >= 15 is 0 Å². The van der Waals surface area contributed by atoms with Gasteiger partial charge in [0.15, 0.2) is 5.82 Å². The summed E-state index contributed by atoms with van der Waals surface area (Å²) in [4.78, 5) is 10.4. The van der Waals surface area contributed by atoms with Gasteiger partial charge in [0, 0.05) is 16.7 Å². The average Bonchev–Trinajstić information content (AvgIpc) is 3.27. The third-order valence-corrected chi connectivity index (χ3v) is 9.88. The van der Waals surface area contributed by atoms with E-state index in [0.717, 1.165) is 55.9 Å². The standard InChI is InChI=1S/C52H36N2/c1-5-15-37(16-6-1)39-27-29-40(30-28-39)43-23-13-24-44(31-43)45-25-14-26-46(32-45)48-33-47(38-17-7-2-8-18-38)34-49(35-48)52-53-50(41-19-9-3-10-20-41)36-51(54-52)42-21-11-4-12-22-42/h1-36H. The first kappa shape index (κ1) is 32.7. The Hall–Kier alpha value is -7.16. The maximum atomic E-state index is 5.18. The second kappa shape index (κ2) is 14.8. The fourth-order valence-electron chi connectivity index (χ4n) is 7.05. The summed E-state index contributed by atoms with van der Waals surface area (Å²) in [6.45, 7) is 0. The number of nitrogens with zero attached hydrogens (tertiary/aromatic N) is 2. The SMILES string of the molecule is c1ccc(-c2ccc(-c3cccc(-c4cccc(-c5cc(-c6ccccc6)cc(-c6nc(-c7ccccc7)cc(-c7ccccc7)n6)c5)c4)c3)cc2)cc1. The molecule has 9 aromatic rings. The summed E-state index contributed by atoms with van der Waals surface area (Å²) in [5, 5.41) is 0. The summed E-state index contributed by atoms with van der Waals surface area (Å²) < 4.78 is 0. The lowest BCUT2D eigenvalue weighted by atomic mass is 9.93. The maximum absolute atomic E-state index is 5.18. The van der Waals surface area contributed by atoms with E-state index in [9.17, 15) is 0 Å². The molecule has 254 valence electrons. The van der Waals surface area contributed by atoms with Gasteiger partial charge < -0.3 is 0 Å². The lowest BCUT2D eigenvalue weighted by Crippen LogP contribution is -1.97. The van der Waals surface area contributed by atoms with Crippen molar-refractivity contribution in [2.75, 3.05) is 0 Å². The molecule has 0 aliphatic carbocycles. The molecule has 0 amide bonds. The molecule has 2 heteroatoms. The van der Waals surface area contributed by atoms with E-state index in [1.165, 1.54) is 27.8 Å². The minimum atomic E-state index is 0.691. The quantitative estimate of drug-likeness (QED) is 0.159. The second-order valence-electron chi connectivity index (χ2n) is 13.5. The largest absolute Gasteiger partial charge is 0.228 e. The summed E-state index contributed by atoms with van der Waals surface area (Å²) in [5.74, 6) is 0.691. The van der Waals surface area contributed by atoms with Gasteiger partial charge in [-0.2, -0.15) is 0 Å². The number of rotatable bonds is 8. The molecule has 0 aliphatic heterocycles. The zero-order chi connectivity index (χ0) is 36.1. The second-order valence-corrected chi connectivity index (χ2v) is 13.5. The van der Waals surface area contributed by atoms with Crippen LogP contribution in [0.25, 0.3) is 89.5 Å². The Bertz CT molecular complexity index is 2610. The topological polar surface area (TPSA) is 25.8 Å². The van der Waals surface area contributed by atoms with Crippen molar-refractivity contribution in [2.45, 2.75) is 0 Å². The third-order valence-electron chi connectivity index (χ3n) is 9.88. The zero-order valence-corrected chi connectivity index (χ0v) is 29.7. The van der Waals surface area contributed by atoms with Gasteiger partial charge in [0.2, 0.25) is 0 Å². The Morgan fingerprint density at radius 1 is 0.185 bits per heavy atom. The van der Waals surface area contributed by atoms with Gasteiger partial charge in [-0.1, -0.05) is 182 Å². The molecule has 54 heavy (non-hydrogen) atoms. The minimum Gasteiger partial charge on any atom is -0.228 e. The highest BCUT2D eigenvalue weighted by atomic mass is 14.9.